The molecule has 1 nitrogen and oxygen atoms in total. The van der Waals surface area contributed by atoms with E-state index in [1.54, 1.807) is 0 Å². The van der Waals surface area contributed by atoms with Crippen LogP contribution < -0.4 is 4.90 Å². The minimum atomic E-state index is -0.429. The topological polar surface area (TPSA) is 3.24 Å². The Morgan fingerprint density at radius 3 is 1.30 bits per heavy atom. The van der Waals surface area contributed by atoms with Gasteiger partial charge in [0.1, 0.15) is 0 Å². The molecule has 0 saturated carbocycles. The Morgan fingerprint density at radius 1 is 0.328 bits per heavy atom. The Hall–Kier alpha value is -7.22. The molecule has 0 aliphatic heterocycles. The van der Waals surface area contributed by atoms with E-state index in [1.807, 2.05) is 0 Å². The molecule has 9 aromatic carbocycles. The summed E-state index contributed by atoms with van der Waals surface area (Å²) in [7, 11) is 0. The van der Waals surface area contributed by atoms with E-state index in [0.717, 1.165) is 17.1 Å². The number of hydrogen-bond acceptors (Lipinski definition) is 1. The van der Waals surface area contributed by atoms with Crippen LogP contribution >= 0.6 is 0 Å². The fourth-order valence-electron chi connectivity index (χ4n) is 12.9. The zero-order chi connectivity index (χ0) is 43.3. The number of hydrogen-bond donors (Lipinski definition) is 0. The summed E-state index contributed by atoms with van der Waals surface area (Å²) in [6.45, 7) is 14.1. The normalized spacial score (nSPS) is 15.4. The van der Waals surface area contributed by atoms with Crippen LogP contribution in [0.2, 0.25) is 0 Å². The van der Waals surface area contributed by atoms with Gasteiger partial charge in [-0.3, -0.25) is 0 Å². The van der Waals surface area contributed by atoms with E-state index < -0.39 is 5.41 Å². The summed E-state index contributed by atoms with van der Waals surface area (Å²) in [6.07, 6.45) is 0. The van der Waals surface area contributed by atoms with Crippen LogP contribution in [0.1, 0.15) is 83.3 Å². The first-order valence-corrected chi connectivity index (χ1v) is 22.9. The molecule has 9 aromatic rings. The van der Waals surface area contributed by atoms with Crippen molar-refractivity contribution in [3.63, 3.8) is 0 Å². The molecule has 0 bridgehead atoms. The smallest absolute Gasteiger partial charge is 0.0728 e. The van der Waals surface area contributed by atoms with E-state index in [1.165, 1.54) is 111 Å². The largest absolute Gasteiger partial charge is 0.310 e. The fraction of sp³-hybridized carbons (Fsp3) is 0.143. The lowest BCUT2D eigenvalue weighted by molar-refractivity contribution is 0.660. The first kappa shape index (κ1) is 37.3. The lowest BCUT2D eigenvalue weighted by Gasteiger charge is -2.33. The van der Waals surface area contributed by atoms with Gasteiger partial charge in [0.25, 0.3) is 0 Å². The minimum absolute atomic E-state index is 0.137. The van der Waals surface area contributed by atoms with Gasteiger partial charge in [0.2, 0.25) is 0 Å². The Bertz CT molecular complexity index is 3330. The van der Waals surface area contributed by atoms with Gasteiger partial charge in [-0.2, -0.15) is 0 Å². The van der Waals surface area contributed by atoms with Crippen molar-refractivity contribution in [3.05, 3.63) is 244 Å². The van der Waals surface area contributed by atoms with Crippen molar-refractivity contribution in [2.45, 2.75) is 57.8 Å². The highest BCUT2D eigenvalue weighted by Gasteiger charge is 2.52. The Labute approximate surface area is 377 Å². The highest BCUT2D eigenvalue weighted by molar-refractivity contribution is 5.98. The molecular formula is C63H49N. The summed E-state index contributed by atoms with van der Waals surface area (Å²) in [4.78, 5) is 2.54. The predicted octanol–water partition coefficient (Wildman–Crippen LogP) is 16.4. The number of rotatable bonds is 4. The molecule has 64 heavy (non-hydrogen) atoms. The maximum absolute atomic E-state index is 2.55. The average Bonchev–Trinajstić information content (AvgIpc) is 3.94. The van der Waals surface area contributed by atoms with Crippen molar-refractivity contribution in [3.8, 4) is 55.6 Å². The highest BCUT2D eigenvalue weighted by atomic mass is 15.1. The third-order valence-electron chi connectivity index (χ3n) is 15.6. The molecule has 4 aliphatic rings. The Kier molecular flexibility index (Phi) is 7.54. The molecule has 0 unspecified atom stereocenters. The second-order valence-electron chi connectivity index (χ2n) is 19.8. The molecular weight excluding hydrogens is 771 g/mol. The molecule has 0 radical (unpaired) electrons. The number of fused-ring (bicyclic) bond motifs is 16. The molecule has 0 saturated heterocycles. The lowest BCUT2D eigenvalue weighted by Crippen LogP contribution is -2.27. The molecule has 13 rings (SSSR count). The second-order valence-corrected chi connectivity index (χ2v) is 19.8. The van der Waals surface area contributed by atoms with Crippen LogP contribution in [-0.2, 0) is 16.2 Å². The average molecular weight is 820 g/mol. The minimum Gasteiger partial charge on any atom is -0.310 e. The van der Waals surface area contributed by atoms with Crippen LogP contribution in [0.5, 0.6) is 0 Å². The molecule has 0 heterocycles. The van der Waals surface area contributed by atoms with E-state index in [2.05, 4.69) is 234 Å². The molecule has 0 N–H and O–H groups in total. The number of aryl methyl sites for hydroxylation is 2. The van der Waals surface area contributed by atoms with Gasteiger partial charge in [-0.25, -0.2) is 0 Å². The zero-order valence-corrected chi connectivity index (χ0v) is 37.3. The number of para-hydroxylation sites is 1. The van der Waals surface area contributed by atoms with Crippen LogP contribution in [0, 0.1) is 13.8 Å². The van der Waals surface area contributed by atoms with Gasteiger partial charge >= 0.3 is 0 Å². The molecule has 306 valence electrons. The summed E-state index contributed by atoms with van der Waals surface area (Å²) in [6, 6.07) is 71.9. The van der Waals surface area contributed by atoms with Crippen molar-refractivity contribution >= 4 is 17.1 Å². The maximum atomic E-state index is 2.55. The second kappa shape index (κ2) is 12.9. The highest BCUT2D eigenvalue weighted by Crippen LogP contribution is 2.64. The van der Waals surface area contributed by atoms with Gasteiger partial charge in [-0.1, -0.05) is 185 Å². The van der Waals surface area contributed by atoms with Crippen molar-refractivity contribution in [1.82, 2.24) is 0 Å². The first-order valence-electron chi connectivity index (χ1n) is 22.9. The Balaban J connectivity index is 1.05. The van der Waals surface area contributed by atoms with E-state index >= 15 is 0 Å². The number of anilines is 3. The maximum Gasteiger partial charge on any atom is 0.0728 e. The lowest BCUT2D eigenvalue weighted by atomic mass is 9.69. The molecule has 4 aliphatic carbocycles. The molecule has 0 atom stereocenters. The Morgan fingerprint density at radius 2 is 0.750 bits per heavy atom. The van der Waals surface area contributed by atoms with Crippen molar-refractivity contribution in [1.29, 1.82) is 0 Å². The summed E-state index contributed by atoms with van der Waals surface area (Å²) in [5.74, 6) is 0. The van der Waals surface area contributed by atoms with Crippen LogP contribution in [0.15, 0.2) is 188 Å². The van der Waals surface area contributed by atoms with E-state index in [0.29, 0.717) is 0 Å². The molecule has 0 fully saturated rings. The van der Waals surface area contributed by atoms with Crippen LogP contribution in [-0.4, -0.2) is 0 Å². The monoisotopic (exact) mass is 819 g/mol. The van der Waals surface area contributed by atoms with Gasteiger partial charge < -0.3 is 4.90 Å². The third kappa shape index (κ3) is 4.74. The van der Waals surface area contributed by atoms with E-state index in [9.17, 15) is 0 Å². The molecule has 0 aromatic heterocycles. The van der Waals surface area contributed by atoms with Gasteiger partial charge in [-0.05, 0) is 150 Å². The van der Waals surface area contributed by atoms with Gasteiger partial charge in [0.05, 0.1) is 11.1 Å². The summed E-state index contributed by atoms with van der Waals surface area (Å²) in [5, 5.41) is 0. The molecule has 1 spiro atoms. The van der Waals surface area contributed by atoms with Crippen molar-refractivity contribution in [2.75, 3.05) is 4.90 Å². The van der Waals surface area contributed by atoms with Crippen LogP contribution in [0.4, 0.5) is 17.1 Å². The van der Waals surface area contributed by atoms with Gasteiger partial charge in [0, 0.05) is 27.8 Å². The molecule has 1 heteroatoms. The van der Waals surface area contributed by atoms with Crippen LogP contribution in [0.3, 0.4) is 0 Å². The zero-order valence-electron chi connectivity index (χ0n) is 37.3. The van der Waals surface area contributed by atoms with E-state index in [-0.39, 0.29) is 10.8 Å². The predicted molar refractivity (Wildman–Crippen MR) is 267 cm³/mol. The van der Waals surface area contributed by atoms with Gasteiger partial charge in [0.15, 0.2) is 0 Å². The fourth-order valence-corrected chi connectivity index (χ4v) is 12.9. The first-order chi connectivity index (χ1) is 31.1. The quantitative estimate of drug-likeness (QED) is 0.171. The number of benzene rings is 9. The SMILES string of the molecule is Cc1cc(C)c2c(c1)-c1ccc(-c3ccccc3N(c3ccc4c(c3)C(C)(C)c3ccccc3-4)c3ccc4c(c3)C(C)(C)c3ccccc3-4)cc1C21c2ccccc2-c2ccccc21. The summed E-state index contributed by atoms with van der Waals surface area (Å²) < 4.78 is 0. The van der Waals surface area contributed by atoms with Crippen molar-refractivity contribution in [2.24, 2.45) is 0 Å². The third-order valence-corrected chi connectivity index (χ3v) is 15.6. The van der Waals surface area contributed by atoms with Crippen LogP contribution in [0.25, 0.3) is 55.6 Å². The number of nitrogens with zero attached hydrogens (tertiary/aromatic N) is 1. The standard InChI is InChI=1S/C63H49N/c1-38-33-39(2)60-51(34-38)50-30-27-40(35-58(50)63(60)54-24-14-9-20-46(54)47-21-10-15-25-55(47)63)43-17-11-16-26-59(43)64(41-28-31-48-44-18-7-12-22-52(44)61(3,4)56(48)36-41)42-29-32-49-45-19-8-13-23-53(45)62(5,6)57(49)37-42/h7-37H,1-6H3. The summed E-state index contributed by atoms with van der Waals surface area (Å²) >= 11 is 0. The summed E-state index contributed by atoms with van der Waals surface area (Å²) in [5.41, 5.74) is 29.5. The van der Waals surface area contributed by atoms with Gasteiger partial charge in [-0.15, -0.1) is 0 Å². The van der Waals surface area contributed by atoms with E-state index in [4.69, 9.17) is 0 Å². The van der Waals surface area contributed by atoms with Crippen molar-refractivity contribution < 1.29 is 0 Å². The molecule has 0 amide bonds.